The summed E-state index contributed by atoms with van der Waals surface area (Å²) >= 11 is 5.49. The van der Waals surface area contributed by atoms with E-state index in [2.05, 4.69) is 20.0 Å². The number of hydrogen-bond acceptors (Lipinski definition) is 7. The summed E-state index contributed by atoms with van der Waals surface area (Å²) in [4.78, 5) is 9.94. The summed E-state index contributed by atoms with van der Waals surface area (Å²) in [5, 5.41) is 3.52. The van der Waals surface area contributed by atoms with Crippen molar-refractivity contribution < 1.29 is 16.8 Å². The second kappa shape index (κ2) is 10.2. The van der Waals surface area contributed by atoms with Gasteiger partial charge in [-0.3, -0.25) is 0 Å². The van der Waals surface area contributed by atoms with Crippen molar-refractivity contribution in [1.29, 1.82) is 0 Å². The van der Waals surface area contributed by atoms with Crippen LogP contribution in [0.2, 0.25) is 0 Å². The fraction of sp³-hybridized carbons (Fsp3) is 0.227. The SMILES string of the molecule is Cc1ccc(S(=O)(=O)N2CCN(C(=S)Nc3ccc(S(=O)(=O)Nc4ncccn4)cc3)CC2)cc1. The van der Waals surface area contributed by atoms with E-state index in [1.807, 2.05) is 11.8 Å². The first-order valence-electron chi connectivity index (χ1n) is 10.7. The van der Waals surface area contributed by atoms with E-state index in [1.54, 1.807) is 42.5 Å². The molecule has 2 aromatic carbocycles. The van der Waals surface area contributed by atoms with Gasteiger partial charge in [-0.25, -0.2) is 31.5 Å². The van der Waals surface area contributed by atoms with Crippen LogP contribution < -0.4 is 10.0 Å². The fourth-order valence-corrected chi connectivity index (χ4v) is 6.12. The van der Waals surface area contributed by atoms with Gasteiger partial charge in [0.1, 0.15) is 0 Å². The minimum absolute atomic E-state index is 0.0144. The second-order valence-corrected chi connectivity index (χ2v) is 11.8. The van der Waals surface area contributed by atoms with E-state index >= 15 is 0 Å². The van der Waals surface area contributed by atoms with Gasteiger partial charge < -0.3 is 10.2 Å². The number of aryl methyl sites for hydroxylation is 1. The third-order valence-corrected chi connectivity index (χ3v) is 9.01. The maximum absolute atomic E-state index is 12.9. The van der Waals surface area contributed by atoms with Crippen LogP contribution in [0.1, 0.15) is 5.56 Å². The number of thiocarbonyl (C=S) groups is 1. The van der Waals surface area contributed by atoms with Gasteiger partial charge in [0.25, 0.3) is 10.0 Å². The van der Waals surface area contributed by atoms with Crippen LogP contribution in [0.15, 0.2) is 76.8 Å². The van der Waals surface area contributed by atoms with Crippen molar-refractivity contribution in [3.05, 3.63) is 72.6 Å². The molecule has 0 bridgehead atoms. The third-order valence-electron chi connectivity index (χ3n) is 5.39. The number of anilines is 2. The molecule has 0 spiro atoms. The van der Waals surface area contributed by atoms with Crippen LogP contribution in [0.25, 0.3) is 0 Å². The predicted molar refractivity (Wildman–Crippen MR) is 137 cm³/mol. The molecule has 0 radical (unpaired) electrons. The molecule has 0 atom stereocenters. The van der Waals surface area contributed by atoms with Gasteiger partial charge in [0.05, 0.1) is 9.79 Å². The van der Waals surface area contributed by atoms with Gasteiger partial charge in [-0.1, -0.05) is 17.7 Å². The number of sulfonamides is 2. The quantitative estimate of drug-likeness (QED) is 0.460. The number of nitrogens with zero attached hydrogens (tertiary/aromatic N) is 4. The van der Waals surface area contributed by atoms with Crippen molar-refractivity contribution in [2.75, 3.05) is 36.2 Å². The van der Waals surface area contributed by atoms with Crippen LogP contribution in [0.5, 0.6) is 0 Å². The van der Waals surface area contributed by atoms with Gasteiger partial charge in [0.2, 0.25) is 16.0 Å². The standard InChI is InChI=1S/C22H24N6O4S3/c1-17-3-7-20(8-4-17)35(31,32)28-15-13-27(14-16-28)22(33)25-18-5-9-19(10-6-18)34(29,30)26-21-23-11-2-12-24-21/h2-12H,13-16H2,1H3,(H,25,33)(H,23,24,26). The largest absolute Gasteiger partial charge is 0.346 e. The van der Waals surface area contributed by atoms with E-state index in [9.17, 15) is 16.8 Å². The molecule has 1 aromatic heterocycles. The van der Waals surface area contributed by atoms with Crippen LogP contribution in [-0.2, 0) is 20.0 Å². The molecule has 0 saturated carbocycles. The Kier molecular flexibility index (Phi) is 7.31. The van der Waals surface area contributed by atoms with E-state index < -0.39 is 20.0 Å². The van der Waals surface area contributed by atoms with Crippen LogP contribution in [0.4, 0.5) is 11.6 Å². The molecular formula is C22H24N6O4S3. The topological polar surface area (TPSA) is 125 Å². The minimum atomic E-state index is -3.83. The Bertz CT molecular complexity index is 1390. The first-order valence-corrected chi connectivity index (χ1v) is 14.0. The summed E-state index contributed by atoms with van der Waals surface area (Å²) < 4.78 is 54.6. The first-order chi connectivity index (χ1) is 16.6. The Balaban J connectivity index is 1.34. The highest BCUT2D eigenvalue weighted by Crippen LogP contribution is 2.20. The van der Waals surface area contributed by atoms with E-state index in [-0.39, 0.29) is 15.7 Å². The van der Waals surface area contributed by atoms with Gasteiger partial charge in [-0.2, -0.15) is 4.31 Å². The van der Waals surface area contributed by atoms with Crippen LogP contribution in [-0.4, -0.2) is 67.3 Å². The summed E-state index contributed by atoms with van der Waals surface area (Å²) in [6, 6.07) is 14.5. The highest BCUT2D eigenvalue weighted by atomic mass is 32.2. The zero-order valence-corrected chi connectivity index (χ0v) is 21.3. The lowest BCUT2D eigenvalue weighted by molar-refractivity contribution is 0.268. The zero-order chi connectivity index (χ0) is 25.1. The van der Waals surface area contributed by atoms with Gasteiger partial charge >= 0.3 is 0 Å². The number of piperazine rings is 1. The molecule has 3 aromatic rings. The smallest absolute Gasteiger partial charge is 0.264 e. The molecule has 0 amide bonds. The Labute approximate surface area is 210 Å². The molecule has 2 N–H and O–H groups in total. The van der Waals surface area contributed by atoms with Crippen molar-refractivity contribution >= 4 is 49.0 Å². The number of hydrogen-bond donors (Lipinski definition) is 2. The van der Waals surface area contributed by atoms with E-state index in [0.717, 1.165) is 5.56 Å². The summed E-state index contributed by atoms with van der Waals surface area (Å²) in [6.45, 7) is 3.39. The van der Waals surface area contributed by atoms with E-state index in [0.29, 0.717) is 37.0 Å². The molecule has 10 nitrogen and oxygen atoms in total. The number of rotatable bonds is 6. The van der Waals surface area contributed by atoms with Gasteiger partial charge in [-0.15, -0.1) is 0 Å². The third kappa shape index (κ3) is 5.93. The molecule has 1 saturated heterocycles. The summed E-state index contributed by atoms with van der Waals surface area (Å²) in [7, 11) is -7.39. The molecule has 1 aliphatic rings. The number of aromatic nitrogens is 2. The molecule has 13 heteroatoms. The lowest BCUT2D eigenvalue weighted by atomic mass is 10.2. The van der Waals surface area contributed by atoms with Gasteiger partial charge in [-0.05, 0) is 61.6 Å². The monoisotopic (exact) mass is 532 g/mol. The normalized spacial score (nSPS) is 14.9. The highest BCUT2D eigenvalue weighted by Gasteiger charge is 2.29. The highest BCUT2D eigenvalue weighted by molar-refractivity contribution is 7.92. The number of benzene rings is 2. The maximum Gasteiger partial charge on any atom is 0.264 e. The lowest BCUT2D eigenvalue weighted by Crippen LogP contribution is -2.51. The van der Waals surface area contributed by atoms with Crippen molar-refractivity contribution in [1.82, 2.24) is 19.2 Å². The Morgan fingerprint density at radius 3 is 2.03 bits per heavy atom. The van der Waals surface area contributed by atoms with E-state index in [1.165, 1.54) is 28.8 Å². The fourth-order valence-electron chi connectivity index (χ4n) is 3.44. The average molecular weight is 533 g/mol. The van der Waals surface area contributed by atoms with Crippen molar-refractivity contribution in [2.45, 2.75) is 16.7 Å². The molecular weight excluding hydrogens is 508 g/mol. The lowest BCUT2D eigenvalue weighted by Gasteiger charge is -2.35. The minimum Gasteiger partial charge on any atom is -0.346 e. The molecule has 35 heavy (non-hydrogen) atoms. The molecule has 184 valence electrons. The van der Waals surface area contributed by atoms with Crippen LogP contribution in [0.3, 0.4) is 0 Å². The average Bonchev–Trinajstić information content (AvgIpc) is 2.85. The molecule has 1 fully saturated rings. The van der Waals surface area contributed by atoms with E-state index in [4.69, 9.17) is 12.2 Å². The zero-order valence-electron chi connectivity index (χ0n) is 18.8. The second-order valence-electron chi connectivity index (χ2n) is 7.84. The number of nitrogens with one attached hydrogen (secondary N) is 2. The molecule has 0 aliphatic carbocycles. The van der Waals surface area contributed by atoms with Gasteiger partial charge in [0.15, 0.2) is 5.11 Å². The van der Waals surface area contributed by atoms with Gasteiger partial charge in [0, 0.05) is 44.3 Å². The van der Waals surface area contributed by atoms with Crippen molar-refractivity contribution in [3.8, 4) is 0 Å². The predicted octanol–water partition coefficient (Wildman–Crippen LogP) is 2.29. The van der Waals surface area contributed by atoms with Crippen molar-refractivity contribution in [3.63, 3.8) is 0 Å². The van der Waals surface area contributed by atoms with Crippen molar-refractivity contribution in [2.24, 2.45) is 0 Å². The Morgan fingerprint density at radius 1 is 0.857 bits per heavy atom. The summed E-state index contributed by atoms with van der Waals surface area (Å²) in [5.41, 5.74) is 1.61. The molecule has 2 heterocycles. The molecule has 4 rings (SSSR count). The maximum atomic E-state index is 12.9. The summed E-state index contributed by atoms with van der Waals surface area (Å²) in [6.07, 6.45) is 2.88. The van der Waals surface area contributed by atoms with Crippen LogP contribution >= 0.6 is 12.2 Å². The Hall–Kier alpha value is -3.13. The Morgan fingerprint density at radius 2 is 1.43 bits per heavy atom. The summed E-state index contributed by atoms with van der Waals surface area (Å²) in [5.74, 6) is -0.0144. The van der Waals surface area contributed by atoms with Crippen LogP contribution in [0, 0.1) is 6.92 Å². The first kappa shape index (κ1) is 25.0. The molecule has 1 aliphatic heterocycles. The molecule has 0 unspecified atom stereocenters.